The minimum Gasteiger partial charge on any atom is -0.497 e. The number of fused-ring (bicyclic) bond motifs is 1. The van der Waals surface area contributed by atoms with E-state index in [1.807, 2.05) is 18.2 Å². The van der Waals surface area contributed by atoms with Crippen molar-refractivity contribution in [2.45, 2.75) is 6.10 Å². The van der Waals surface area contributed by atoms with Crippen LogP contribution in [0.3, 0.4) is 0 Å². The van der Waals surface area contributed by atoms with Gasteiger partial charge in [0.2, 0.25) is 0 Å². The molecule has 1 aromatic heterocycles. The standard InChI is InChI=1S/C12H14N2O2S/c1-15-8-2-3-9-11(6-8)17-12(14-9)10-7-13-4-5-16-10/h2-3,6,10,13H,4-5,7H2,1H3. The lowest BCUT2D eigenvalue weighted by Gasteiger charge is -2.21. The number of aromatic nitrogens is 1. The molecule has 1 fully saturated rings. The summed E-state index contributed by atoms with van der Waals surface area (Å²) in [5, 5.41) is 4.36. The average molecular weight is 250 g/mol. The van der Waals surface area contributed by atoms with Crippen LogP contribution in [0.25, 0.3) is 10.2 Å². The van der Waals surface area contributed by atoms with Crippen molar-refractivity contribution in [1.29, 1.82) is 0 Å². The number of nitrogens with one attached hydrogen (secondary N) is 1. The van der Waals surface area contributed by atoms with Gasteiger partial charge in [0.15, 0.2) is 0 Å². The minimum atomic E-state index is 0.0899. The Morgan fingerprint density at radius 1 is 1.53 bits per heavy atom. The molecular weight excluding hydrogens is 236 g/mol. The van der Waals surface area contributed by atoms with E-state index < -0.39 is 0 Å². The summed E-state index contributed by atoms with van der Waals surface area (Å²) in [6.07, 6.45) is 0.0899. The van der Waals surface area contributed by atoms with Crippen LogP contribution in [-0.4, -0.2) is 31.8 Å². The summed E-state index contributed by atoms with van der Waals surface area (Å²) in [4.78, 5) is 4.61. The lowest BCUT2D eigenvalue weighted by atomic mass is 10.3. The predicted octanol–water partition coefficient (Wildman–Crippen LogP) is 1.97. The Morgan fingerprint density at radius 3 is 3.24 bits per heavy atom. The number of ether oxygens (including phenoxy) is 2. The zero-order chi connectivity index (χ0) is 11.7. The predicted molar refractivity (Wildman–Crippen MR) is 67.7 cm³/mol. The molecule has 1 aliphatic rings. The second-order valence-electron chi connectivity index (χ2n) is 3.95. The van der Waals surface area contributed by atoms with E-state index in [0.717, 1.165) is 40.7 Å². The molecule has 17 heavy (non-hydrogen) atoms. The molecule has 3 rings (SSSR count). The van der Waals surface area contributed by atoms with E-state index in [-0.39, 0.29) is 6.10 Å². The Balaban J connectivity index is 1.95. The van der Waals surface area contributed by atoms with Gasteiger partial charge < -0.3 is 14.8 Å². The Morgan fingerprint density at radius 2 is 2.47 bits per heavy atom. The van der Waals surface area contributed by atoms with Crippen LogP contribution >= 0.6 is 11.3 Å². The Kier molecular flexibility index (Phi) is 2.96. The number of thiazole rings is 1. The molecular formula is C12H14N2O2S. The number of nitrogens with zero attached hydrogens (tertiary/aromatic N) is 1. The number of morpholine rings is 1. The Hall–Kier alpha value is -1.17. The number of benzene rings is 1. The monoisotopic (exact) mass is 250 g/mol. The highest BCUT2D eigenvalue weighted by atomic mass is 32.1. The minimum absolute atomic E-state index is 0.0899. The smallest absolute Gasteiger partial charge is 0.124 e. The molecule has 5 heteroatoms. The van der Waals surface area contributed by atoms with Gasteiger partial charge in [0, 0.05) is 13.1 Å². The highest BCUT2D eigenvalue weighted by Gasteiger charge is 2.19. The van der Waals surface area contributed by atoms with E-state index in [4.69, 9.17) is 9.47 Å². The van der Waals surface area contributed by atoms with Crippen LogP contribution in [0.1, 0.15) is 11.1 Å². The van der Waals surface area contributed by atoms with Gasteiger partial charge in [-0.3, -0.25) is 0 Å². The summed E-state index contributed by atoms with van der Waals surface area (Å²) >= 11 is 1.68. The summed E-state index contributed by atoms with van der Waals surface area (Å²) in [6.45, 7) is 2.52. The van der Waals surface area contributed by atoms with Crippen molar-refractivity contribution in [1.82, 2.24) is 10.3 Å². The van der Waals surface area contributed by atoms with Crippen molar-refractivity contribution in [2.24, 2.45) is 0 Å². The normalized spacial score (nSPS) is 20.6. The molecule has 0 radical (unpaired) electrons. The second-order valence-corrected chi connectivity index (χ2v) is 5.01. The van der Waals surface area contributed by atoms with Crippen molar-refractivity contribution in [2.75, 3.05) is 26.8 Å². The van der Waals surface area contributed by atoms with Gasteiger partial charge in [-0.25, -0.2) is 4.98 Å². The van der Waals surface area contributed by atoms with E-state index in [0.29, 0.717) is 0 Å². The summed E-state index contributed by atoms with van der Waals surface area (Å²) in [7, 11) is 1.68. The first-order valence-corrected chi connectivity index (χ1v) is 6.45. The summed E-state index contributed by atoms with van der Waals surface area (Å²) in [5.41, 5.74) is 1.01. The highest BCUT2D eigenvalue weighted by Crippen LogP contribution is 2.31. The molecule has 0 spiro atoms. The Bertz CT molecular complexity index is 520. The molecule has 0 aliphatic carbocycles. The number of hydrogen-bond donors (Lipinski definition) is 1. The number of rotatable bonds is 2. The molecule has 1 aromatic carbocycles. The first-order valence-electron chi connectivity index (χ1n) is 5.63. The van der Waals surface area contributed by atoms with Crippen molar-refractivity contribution in [3.8, 4) is 5.75 Å². The van der Waals surface area contributed by atoms with Crippen LogP contribution < -0.4 is 10.1 Å². The zero-order valence-electron chi connectivity index (χ0n) is 9.60. The third-order valence-electron chi connectivity index (χ3n) is 2.82. The quantitative estimate of drug-likeness (QED) is 0.885. The highest BCUT2D eigenvalue weighted by molar-refractivity contribution is 7.18. The van der Waals surface area contributed by atoms with Gasteiger partial charge in [0.05, 0.1) is 23.9 Å². The van der Waals surface area contributed by atoms with Gasteiger partial charge in [-0.2, -0.15) is 0 Å². The van der Waals surface area contributed by atoms with E-state index >= 15 is 0 Å². The molecule has 4 nitrogen and oxygen atoms in total. The maximum atomic E-state index is 5.70. The average Bonchev–Trinajstić information content (AvgIpc) is 2.82. The fourth-order valence-corrected chi connectivity index (χ4v) is 2.96. The van der Waals surface area contributed by atoms with Crippen molar-refractivity contribution in [3.05, 3.63) is 23.2 Å². The van der Waals surface area contributed by atoms with Crippen molar-refractivity contribution >= 4 is 21.6 Å². The van der Waals surface area contributed by atoms with Crippen LogP contribution in [0.5, 0.6) is 5.75 Å². The van der Waals surface area contributed by atoms with Gasteiger partial charge in [0.1, 0.15) is 16.9 Å². The zero-order valence-corrected chi connectivity index (χ0v) is 10.4. The molecule has 1 saturated heterocycles. The SMILES string of the molecule is COc1ccc2nc(C3CNCCO3)sc2c1. The van der Waals surface area contributed by atoms with Gasteiger partial charge in [0.25, 0.3) is 0 Å². The molecule has 0 saturated carbocycles. The number of hydrogen-bond acceptors (Lipinski definition) is 5. The van der Waals surface area contributed by atoms with Gasteiger partial charge >= 0.3 is 0 Å². The van der Waals surface area contributed by atoms with Gasteiger partial charge in [-0.15, -0.1) is 11.3 Å². The third kappa shape index (κ3) is 2.13. The fraction of sp³-hybridized carbons (Fsp3) is 0.417. The van der Waals surface area contributed by atoms with E-state index in [1.54, 1.807) is 18.4 Å². The fourth-order valence-electron chi connectivity index (χ4n) is 1.91. The first-order chi connectivity index (χ1) is 8.36. The van der Waals surface area contributed by atoms with Crippen molar-refractivity contribution < 1.29 is 9.47 Å². The maximum Gasteiger partial charge on any atom is 0.124 e. The van der Waals surface area contributed by atoms with Crippen LogP contribution in [0.4, 0.5) is 0 Å². The first kappa shape index (κ1) is 11.0. The van der Waals surface area contributed by atoms with E-state index in [9.17, 15) is 0 Å². The van der Waals surface area contributed by atoms with Crippen molar-refractivity contribution in [3.63, 3.8) is 0 Å². The molecule has 1 N–H and O–H groups in total. The van der Waals surface area contributed by atoms with E-state index in [2.05, 4.69) is 10.3 Å². The molecule has 2 aromatic rings. The molecule has 1 atom stereocenters. The molecule has 0 amide bonds. The van der Waals surface area contributed by atoms with Crippen LogP contribution in [0.2, 0.25) is 0 Å². The third-order valence-corrected chi connectivity index (χ3v) is 3.93. The molecule has 1 aliphatic heterocycles. The molecule has 1 unspecified atom stereocenters. The largest absolute Gasteiger partial charge is 0.497 e. The van der Waals surface area contributed by atoms with Crippen LogP contribution in [0.15, 0.2) is 18.2 Å². The van der Waals surface area contributed by atoms with Crippen LogP contribution in [0, 0.1) is 0 Å². The second kappa shape index (κ2) is 4.60. The molecule has 2 heterocycles. The lowest BCUT2D eigenvalue weighted by molar-refractivity contribution is 0.0277. The summed E-state index contributed by atoms with van der Waals surface area (Å²) in [6, 6.07) is 5.95. The van der Waals surface area contributed by atoms with Gasteiger partial charge in [-0.05, 0) is 18.2 Å². The molecule has 0 bridgehead atoms. The molecule has 90 valence electrons. The van der Waals surface area contributed by atoms with Crippen LogP contribution in [-0.2, 0) is 4.74 Å². The van der Waals surface area contributed by atoms with E-state index in [1.165, 1.54) is 0 Å². The lowest BCUT2D eigenvalue weighted by Crippen LogP contribution is -2.33. The topological polar surface area (TPSA) is 43.4 Å². The summed E-state index contributed by atoms with van der Waals surface area (Å²) in [5.74, 6) is 0.871. The maximum absolute atomic E-state index is 5.70. The number of methoxy groups -OCH3 is 1. The van der Waals surface area contributed by atoms with Gasteiger partial charge in [-0.1, -0.05) is 0 Å². The Labute approximate surface area is 104 Å². The summed E-state index contributed by atoms with van der Waals surface area (Å²) < 4.78 is 12.1.